The number of phenolic OH excluding ortho intramolecular Hbond substituents is 1. The Kier molecular flexibility index (Phi) is 27.7. The molecule has 18 N–H and O–H groups in total. The first-order valence-corrected chi connectivity index (χ1v) is 27.1. The van der Waals surface area contributed by atoms with Gasteiger partial charge in [0.25, 0.3) is 0 Å². The van der Waals surface area contributed by atoms with E-state index in [-0.39, 0.29) is 63.3 Å². The number of aliphatic hydroxyl groups is 3. The first kappa shape index (κ1) is 68.5. The third-order valence-corrected chi connectivity index (χ3v) is 13.8. The minimum atomic E-state index is -1.80. The van der Waals surface area contributed by atoms with Crippen LogP contribution in [0, 0.1) is 5.92 Å². The Bertz CT molecular complexity index is 2520. The number of amides is 9. The van der Waals surface area contributed by atoms with Crippen molar-refractivity contribution in [2.24, 2.45) is 17.4 Å². The zero-order valence-electron chi connectivity index (χ0n) is 46.8. The van der Waals surface area contributed by atoms with E-state index < -0.39 is 150 Å². The molecule has 82 heavy (non-hydrogen) atoms. The molecule has 1 aliphatic heterocycles. The summed E-state index contributed by atoms with van der Waals surface area (Å²) in [5.41, 5.74) is 12.7. The van der Waals surface area contributed by atoms with Crippen molar-refractivity contribution in [2.45, 2.75) is 178 Å². The van der Waals surface area contributed by atoms with Crippen LogP contribution in [0.2, 0.25) is 0 Å². The third-order valence-electron chi connectivity index (χ3n) is 13.8. The predicted octanol–water partition coefficient (Wildman–Crippen LogP) is -3.73. The van der Waals surface area contributed by atoms with Crippen molar-refractivity contribution in [1.29, 1.82) is 0 Å². The largest absolute Gasteiger partial charge is 0.508 e. The van der Waals surface area contributed by atoms with E-state index in [0.717, 1.165) is 18.7 Å². The predicted molar refractivity (Wildman–Crippen MR) is 293 cm³/mol. The van der Waals surface area contributed by atoms with E-state index in [9.17, 15) is 83.4 Å². The van der Waals surface area contributed by atoms with Crippen molar-refractivity contribution >= 4 is 65.1 Å². The number of phenols is 1. The number of carbonyl (C=O) groups excluding carboxylic acids is 9. The Morgan fingerprint density at radius 3 is 1.65 bits per heavy atom. The lowest BCUT2D eigenvalue weighted by molar-refractivity contribution is -0.146. The SMILES string of the molecule is CC[C@H](C)[C@H](N)C(=O)N[C@@H](CC(=O)O)C(=O)N[C@@H](C)C(=O)N[C@@H](Cc1ccc(O)cc1)C(=O)N[C@@H](CCCCN)C(=O)N[C@H](C(=O)N[C@@H](Cc1ccccc1)C(=O)N1CCC[C@H]1C(=O)N[C@H](C(=O)N[C@H](C(=O)O)[C@@H](C)O)[C@@H](C)O)[C@@H](C)O. The van der Waals surface area contributed by atoms with Crippen LogP contribution in [0.5, 0.6) is 5.75 Å². The summed E-state index contributed by atoms with van der Waals surface area (Å²) in [6.07, 6.45) is -4.76. The number of unbranched alkanes of at least 4 members (excludes halogenated alkanes) is 1. The first-order valence-electron chi connectivity index (χ1n) is 27.1. The molecule has 14 atom stereocenters. The molecule has 1 aliphatic rings. The van der Waals surface area contributed by atoms with Gasteiger partial charge in [-0.15, -0.1) is 0 Å². The second kappa shape index (κ2) is 33.2. The maximum Gasteiger partial charge on any atom is 0.328 e. The maximum absolute atomic E-state index is 14.6. The smallest absolute Gasteiger partial charge is 0.328 e. The van der Waals surface area contributed by atoms with Crippen LogP contribution in [0.15, 0.2) is 54.6 Å². The van der Waals surface area contributed by atoms with E-state index in [0.29, 0.717) is 24.0 Å². The van der Waals surface area contributed by atoms with Crippen LogP contribution in [0.1, 0.15) is 97.6 Å². The third kappa shape index (κ3) is 21.3. The highest BCUT2D eigenvalue weighted by Gasteiger charge is 2.42. The van der Waals surface area contributed by atoms with Gasteiger partial charge in [-0.25, -0.2) is 4.79 Å². The lowest BCUT2D eigenvalue weighted by Gasteiger charge is -2.32. The van der Waals surface area contributed by atoms with E-state index in [1.165, 1.54) is 38.1 Å². The molecule has 0 aliphatic carbocycles. The van der Waals surface area contributed by atoms with Gasteiger partial charge < -0.3 is 89.5 Å². The Hall–Kier alpha value is -7.79. The molecule has 0 saturated carbocycles. The van der Waals surface area contributed by atoms with E-state index in [1.807, 2.05) is 0 Å². The molecule has 0 bridgehead atoms. The van der Waals surface area contributed by atoms with Crippen LogP contribution in [0.3, 0.4) is 0 Å². The molecule has 0 radical (unpaired) electrons. The van der Waals surface area contributed by atoms with Gasteiger partial charge in [-0.05, 0) is 95.5 Å². The maximum atomic E-state index is 14.6. The fourth-order valence-corrected chi connectivity index (χ4v) is 8.71. The number of nitrogens with zero attached hydrogens (tertiary/aromatic N) is 1. The van der Waals surface area contributed by atoms with Crippen LogP contribution in [0.25, 0.3) is 0 Å². The number of hydrogen-bond acceptors (Lipinski definition) is 17. The van der Waals surface area contributed by atoms with Gasteiger partial charge in [0.15, 0.2) is 6.04 Å². The number of hydrogen-bond donors (Lipinski definition) is 16. The lowest BCUT2D eigenvalue weighted by atomic mass is 9.99. The molecule has 9 amide bonds. The molecular formula is C54H81N11O17. The van der Waals surface area contributed by atoms with Crippen LogP contribution in [-0.4, -0.2) is 192 Å². The molecule has 1 saturated heterocycles. The summed E-state index contributed by atoms with van der Waals surface area (Å²) in [7, 11) is 0. The normalized spacial score (nSPS) is 17.8. The molecule has 0 aromatic heterocycles. The second-order valence-electron chi connectivity index (χ2n) is 20.5. The van der Waals surface area contributed by atoms with Crippen molar-refractivity contribution in [1.82, 2.24) is 47.4 Å². The zero-order chi connectivity index (χ0) is 61.5. The highest BCUT2D eigenvalue weighted by atomic mass is 16.4. The number of carboxylic acid groups (broad SMARTS) is 2. The molecule has 454 valence electrons. The van der Waals surface area contributed by atoms with Crippen LogP contribution in [0.4, 0.5) is 0 Å². The standard InChI is InChI=1S/C54H81N11O17/c1-7-27(2)41(56)50(77)60-37(26-40(70)71)47(74)57-28(3)45(72)59-36(24-33-18-20-34(69)21-19-33)48(75)58-35(16-11-12-22-55)46(73)62-42(29(4)66)51(78)61-38(25-32-14-9-8-10-15-32)53(80)65-23-13-17-39(65)49(76)63-43(30(5)67)52(79)64-44(31(6)68)54(81)82/h8-10,14-15,18-21,27-31,35-39,41-44,66-69H,7,11-13,16-17,22-26,55-56H2,1-6H3,(H,57,74)(H,58,75)(H,59,72)(H,60,77)(H,61,78)(H,62,73)(H,63,76)(H,64,79)(H,70,71)(H,81,82)/t27-,28-,29+,30+,31+,35-,36-,37-,38-,39-,41-,42-,43-,44-/m0/s1. The Balaban J connectivity index is 1.91. The highest BCUT2D eigenvalue weighted by molar-refractivity contribution is 5.99. The molecule has 0 spiro atoms. The Labute approximate surface area is 474 Å². The molecule has 3 rings (SSSR count). The van der Waals surface area contributed by atoms with Crippen molar-refractivity contribution in [2.75, 3.05) is 13.1 Å². The number of carboxylic acids is 2. The van der Waals surface area contributed by atoms with Crippen molar-refractivity contribution in [3.05, 3.63) is 65.7 Å². The first-order chi connectivity index (χ1) is 38.6. The summed E-state index contributed by atoms with van der Waals surface area (Å²) in [6.45, 7) is 8.32. The van der Waals surface area contributed by atoms with E-state index in [2.05, 4.69) is 42.5 Å². The highest BCUT2D eigenvalue weighted by Crippen LogP contribution is 2.21. The van der Waals surface area contributed by atoms with E-state index in [1.54, 1.807) is 44.2 Å². The van der Waals surface area contributed by atoms with E-state index >= 15 is 0 Å². The monoisotopic (exact) mass is 1160 g/mol. The zero-order valence-corrected chi connectivity index (χ0v) is 46.8. The average Bonchev–Trinajstić information content (AvgIpc) is 4.03. The Morgan fingerprint density at radius 1 is 0.585 bits per heavy atom. The molecule has 0 unspecified atom stereocenters. The fourth-order valence-electron chi connectivity index (χ4n) is 8.71. The summed E-state index contributed by atoms with van der Waals surface area (Å²) >= 11 is 0. The van der Waals surface area contributed by atoms with Gasteiger partial charge in [0.1, 0.15) is 54.1 Å². The number of rotatable bonds is 33. The summed E-state index contributed by atoms with van der Waals surface area (Å²) < 4.78 is 0. The van der Waals surface area contributed by atoms with Gasteiger partial charge in [-0.2, -0.15) is 0 Å². The fraction of sp³-hybridized carbons (Fsp3) is 0.574. The van der Waals surface area contributed by atoms with Crippen LogP contribution in [-0.2, 0) is 65.6 Å². The number of aliphatic hydroxyl groups excluding tert-OH is 3. The quantitative estimate of drug-likeness (QED) is 0.0306. The van der Waals surface area contributed by atoms with Gasteiger partial charge >= 0.3 is 11.9 Å². The lowest BCUT2D eigenvalue weighted by Crippen LogP contribution is -2.62. The molecule has 2 aromatic carbocycles. The topological polar surface area (TPSA) is 461 Å². The van der Waals surface area contributed by atoms with Gasteiger partial charge in [0.2, 0.25) is 53.2 Å². The Morgan fingerprint density at radius 2 is 1.09 bits per heavy atom. The van der Waals surface area contributed by atoms with Gasteiger partial charge in [-0.3, -0.25) is 47.9 Å². The minimum absolute atomic E-state index is 0.0175. The van der Waals surface area contributed by atoms with Crippen molar-refractivity contribution < 1.29 is 83.4 Å². The molecule has 2 aromatic rings. The number of nitrogens with two attached hydrogens (primary N) is 2. The number of benzene rings is 2. The number of nitrogens with one attached hydrogen (secondary N) is 8. The molecule has 28 heteroatoms. The van der Waals surface area contributed by atoms with Gasteiger partial charge in [-0.1, -0.05) is 62.7 Å². The van der Waals surface area contributed by atoms with Crippen LogP contribution >= 0.6 is 0 Å². The van der Waals surface area contributed by atoms with Crippen LogP contribution < -0.4 is 54.0 Å². The molecule has 1 heterocycles. The van der Waals surface area contributed by atoms with Crippen molar-refractivity contribution in [3.63, 3.8) is 0 Å². The molecule has 28 nitrogen and oxygen atoms in total. The van der Waals surface area contributed by atoms with Gasteiger partial charge in [0, 0.05) is 19.4 Å². The number of carbonyl (C=O) groups is 11. The molecular weight excluding hydrogens is 1070 g/mol. The average molecular weight is 1160 g/mol. The molecule has 1 fully saturated rings. The summed E-state index contributed by atoms with van der Waals surface area (Å²) in [6, 6.07) is -1.34. The number of likely N-dealkylation sites (tertiary alicyclic amines) is 1. The van der Waals surface area contributed by atoms with E-state index in [4.69, 9.17) is 11.5 Å². The van der Waals surface area contributed by atoms with Crippen molar-refractivity contribution in [3.8, 4) is 5.75 Å². The van der Waals surface area contributed by atoms with Gasteiger partial charge in [0.05, 0.1) is 30.8 Å². The second-order valence-corrected chi connectivity index (χ2v) is 20.5. The number of aromatic hydroxyl groups is 1. The minimum Gasteiger partial charge on any atom is -0.508 e. The summed E-state index contributed by atoms with van der Waals surface area (Å²) in [5, 5.41) is 79.7. The summed E-state index contributed by atoms with van der Waals surface area (Å²) in [4.78, 5) is 149. The summed E-state index contributed by atoms with van der Waals surface area (Å²) in [5.74, 6) is -12.2. The number of aliphatic carboxylic acids is 2.